The van der Waals surface area contributed by atoms with Crippen LogP contribution in [-0.2, 0) is 9.47 Å². The van der Waals surface area contributed by atoms with Crippen LogP contribution < -0.4 is 0 Å². The molecular weight excluding hydrogens is 444 g/mol. The summed E-state index contributed by atoms with van der Waals surface area (Å²) in [6.45, 7) is 21.4. The third-order valence-corrected chi connectivity index (χ3v) is 14.4. The van der Waals surface area contributed by atoms with E-state index in [9.17, 15) is 5.11 Å². The highest BCUT2D eigenvalue weighted by atomic mass is 16.7. The highest BCUT2D eigenvalue weighted by molar-refractivity contribution is 5.22. The summed E-state index contributed by atoms with van der Waals surface area (Å²) >= 11 is 0. The van der Waals surface area contributed by atoms with E-state index in [0.29, 0.717) is 34.0 Å². The Kier molecular flexibility index (Phi) is 5.97. The summed E-state index contributed by atoms with van der Waals surface area (Å²) in [5.41, 5.74) is 2.66. The molecule has 6 fully saturated rings. The van der Waals surface area contributed by atoms with Crippen molar-refractivity contribution in [3.05, 3.63) is 12.2 Å². The molecule has 0 bridgehead atoms. The van der Waals surface area contributed by atoms with Gasteiger partial charge in [-0.25, -0.2) is 0 Å². The zero-order valence-corrected chi connectivity index (χ0v) is 24.2. The van der Waals surface area contributed by atoms with Crippen molar-refractivity contribution >= 4 is 0 Å². The van der Waals surface area contributed by atoms with Gasteiger partial charge in [0.1, 0.15) is 0 Å². The van der Waals surface area contributed by atoms with Crippen molar-refractivity contribution in [3.8, 4) is 0 Å². The van der Waals surface area contributed by atoms with Crippen LogP contribution in [0.3, 0.4) is 0 Å². The average molecular weight is 499 g/mol. The van der Waals surface area contributed by atoms with Crippen molar-refractivity contribution in [1.82, 2.24) is 0 Å². The maximum Gasteiger partial charge on any atom is 0.163 e. The first-order valence-electron chi connectivity index (χ1n) is 15.5. The summed E-state index contributed by atoms with van der Waals surface area (Å²) in [6, 6.07) is 0. The molecule has 0 aromatic rings. The van der Waals surface area contributed by atoms with Gasteiger partial charge >= 0.3 is 0 Å². The highest BCUT2D eigenvalue weighted by Crippen LogP contribution is 2.78. The van der Waals surface area contributed by atoms with E-state index in [1.807, 2.05) is 0 Å². The summed E-state index contributed by atoms with van der Waals surface area (Å²) in [4.78, 5) is 0. The third kappa shape index (κ3) is 3.15. The first kappa shape index (κ1) is 25.9. The second kappa shape index (κ2) is 8.31. The molecule has 0 aromatic heterocycles. The SMILES string of the molecule is C=C(C)[C@@H]1CC[C@]2(C3OCCCO3)CC[C@]3(C)[C@H](CC[C@@H]4[C@@]5(C)CC[C@H](O)C(C)(C)[C@@H]5CC[C@]43C)[C@@H]12. The monoisotopic (exact) mass is 498 g/mol. The summed E-state index contributed by atoms with van der Waals surface area (Å²) in [7, 11) is 0. The molecule has 204 valence electrons. The Labute approximate surface area is 221 Å². The first-order valence-corrected chi connectivity index (χ1v) is 15.5. The van der Waals surface area contributed by atoms with Crippen LogP contribution in [0.2, 0.25) is 0 Å². The van der Waals surface area contributed by atoms with Crippen LogP contribution in [0.5, 0.6) is 0 Å². The fraction of sp³-hybridized carbons (Fsp3) is 0.939. The standard InChI is InChI=1S/C33H54O3/c1-21(2)22-11-16-33(28-35-19-8-20-36-28)18-17-31(6)23(27(22)33)9-10-25-30(5)14-13-26(34)29(3,4)24(30)12-15-32(25,31)7/h22-28,34H,1,8-20H2,2-7H3/t22-,23+,24-,25+,26-,27+,30-,31+,32+,33-/m0/s1. The van der Waals surface area contributed by atoms with Crippen LogP contribution in [0, 0.1) is 56.7 Å². The van der Waals surface area contributed by atoms with E-state index in [0.717, 1.165) is 37.9 Å². The van der Waals surface area contributed by atoms with Crippen LogP contribution in [0.25, 0.3) is 0 Å². The number of allylic oxidation sites excluding steroid dienone is 1. The predicted octanol–water partition coefficient (Wildman–Crippen LogP) is 7.77. The maximum atomic E-state index is 11.0. The second-order valence-electron chi connectivity index (χ2n) is 15.7. The zero-order valence-electron chi connectivity index (χ0n) is 24.2. The molecule has 0 radical (unpaired) electrons. The number of aliphatic hydroxyl groups excluding tert-OH is 1. The van der Waals surface area contributed by atoms with E-state index in [1.54, 1.807) is 0 Å². The molecule has 1 aliphatic heterocycles. The van der Waals surface area contributed by atoms with Gasteiger partial charge in [0, 0.05) is 5.41 Å². The Hall–Kier alpha value is -0.380. The number of aliphatic hydroxyl groups is 1. The Morgan fingerprint density at radius 3 is 2.19 bits per heavy atom. The van der Waals surface area contributed by atoms with Crippen molar-refractivity contribution in [3.63, 3.8) is 0 Å². The molecule has 6 rings (SSSR count). The van der Waals surface area contributed by atoms with Gasteiger partial charge in [-0.3, -0.25) is 0 Å². The minimum atomic E-state index is -0.146. The van der Waals surface area contributed by atoms with Crippen LogP contribution in [0.1, 0.15) is 112 Å². The topological polar surface area (TPSA) is 38.7 Å². The zero-order chi connectivity index (χ0) is 25.7. The van der Waals surface area contributed by atoms with Gasteiger partial charge in [0.2, 0.25) is 0 Å². The van der Waals surface area contributed by atoms with Gasteiger partial charge in [0.25, 0.3) is 0 Å². The van der Waals surface area contributed by atoms with E-state index in [1.165, 1.54) is 63.4 Å². The van der Waals surface area contributed by atoms with Crippen molar-refractivity contribution in [2.45, 2.75) is 125 Å². The smallest absolute Gasteiger partial charge is 0.163 e. The molecule has 10 atom stereocenters. The second-order valence-corrected chi connectivity index (χ2v) is 15.7. The first-order chi connectivity index (χ1) is 16.9. The van der Waals surface area contributed by atoms with Crippen molar-refractivity contribution in [2.24, 2.45) is 56.7 Å². The number of ether oxygens (including phenoxy) is 2. The third-order valence-electron chi connectivity index (χ3n) is 14.4. The van der Waals surface area contributed by atoms with Gasteiger partial charge in [-0.15, -0.1) is 0 Å². The minimum Gasteiger partial charge on any atom is -0.393 e. The quantitative estimate of drug-likeness (QED) is 0.395. The van der Waals surface area contributed by atoms with E-state index in [-0.39, 0.29) is 23.2 Å². The predicted molar refractivity (Wildman–Crippen MR) is 145 cm³/mol. The van der Waals surface area contributed by atoms with Crippen molar-refractivity contribution in [2.75, 3.05) is 13.2 Å². The molecule has 3 heteroatoms. The normalized spacial score (nSPS) is 54.6. The Bertz CT molecular complexity index is 889. The van der Waals surface area contributed by atoms with E-state index < -0.39 is 0 Å². The molecule has 0 aromatic carbocycles. The van der Waals surface area contributed by atoms with Crippen LogP contribution >= 0.6 is 0 Å². The molecular formula is C33H54O3. The fourth-order valence-electron chi connectivity index (χ4n) is 12.4. The maximum absolute atomic E-state index is 11.0. The number of hydrogen-bond donors (Lipinski definition) is 1. The lowest BCUT2D eigenvalue weighted by Gasteiger charge is -2.73. The van der Waals surface area contributed by atoms with Crippen molar-refractivity contribution < 1.29 is 14.6 Å². The molecule has 0 unspecified atom stereocenters. The summed E-state index contributed by atoms with van der Waals surface area (Å²) < 4.78 is 12.9. The molecule has 6 aliphatic rings. The molecule has 5 aliphatic carbocycles. The molecule has 3 nitrogen and oxygen atoms in total. The largest absolute Gasteiger partial charge is 0.393 e. The van der Waals surface area contributed by atoms with Gasteiger partial charge in [-0.1, -0.05) is 46.8 Å². The molecule has 0 amide bonds. The lowest BCUT2D eigenvalue weighted by Crippen LogP contribution is -2.67. The van der Waals surface area contributed by atoms with E-state index in [2.05, 4.69) is 48.1 Å². The minimum absolute atomic E-state index is 0.00966. The van der Waals surface area contributed by atoms with Gasteiger partial charge < -0.3 is 14.6 Å². The summed E-state index contributed by atoms with van der Waals surface area (Å²) in [5.74, 6) is 3.38. The molecule has 5 saturated carbocycles. The molecule has 36 heavy (non-hydrogen) atoms. The fourth-order valence-corrected chi connectivity index (χ4v) is 12.4. The molecule has 0 spiro atoms. The summed E-state index contributed by atoms with van der Waals surface area (Å²) in [5, 5.41) is 11.0. The van der Waals surface area contributed by atoms with Gasteiger partial charge in [0.05, 0.1) is 19.3 Å². The van der Waals surface area contributed by atoms with Gasteiger partial charge in [0.15, 0.2) is 6.29 Å². The molecule has 1 saturated heterocycles. The van der Waals surface area contributed by atoms with E-state index in [4.69, 9.17) is 9.47 Å². The lowest BCUT2D eigenvalue weighted by molar-refractivity contribution is -0.292. The number of rotatable bonds is 2. The Morgan fingerprint density at radius 2 is 1.50 bits per heavy atom. The van der Waals surface area contributed by atoms with Crippen LogP contribution in [-0.4, -0.2) is 30.7 Å². The van der Waals surface area contributed by atoms with Crippen LogP contribution in [0.4, 0.5) is 0 Å². The Morgan fingerprint density at radius 1 is 0.778 bits per heavy atom. The lowest BCUT2D eigenvalue weighted by atomic mass is 9.32. The van der Waals surface area contributed by atoms with Crippen molar-refractivity contribution in [1.29, 1.82) is 0 Å². The average Bonchev–Trinajstić information content (AvgIpc) is 3.24. The molecule has 1 heterocycles. The van der Waals surface area contributed by atoms with Gasteiger partial charge in [-0.2, -0.15) is 0 Å². The summed E-state index contributed by atoms with van der Waals surface area (Å²) in [6.07, 6.45) is 13.5. The van der Waals surface area contributed by atoms with E-state index >= 15 is 0 Å². The molecule has 1 N–H and O–H groups in total. The Balaban J connectivity index is 1.39. The van der Waals surface area contributed by atoms with Crippen LogP contribution in [0.15, 0.2) is 12.2 Å². The highest BCUT2D eigenvalue weighted by Gasteiger charge is 2.72. The number of hydrogen-bond acceptors (Lipinski definition) is 3. The van der Waals surface area contributed by atoms with Gasteiger partial charge in [-0.05, 0) is 129 Å². The number of fused-ring (bicyclic) bond motifs is 7.